The topological polar surface area (TPSA) is 80.4 Å². The van der Waals surface area contributed by atoms with Crippen molar-refractivity contribution in [2.24, 2.45) is 0 Å². The zero-order chi connectivity index (χ0) is 21.0. The van der Waals surface area contributed by atoms with Crippen molar-refractivity contribution in [3.8, 4) is 5.75 Å². The number of hydrogen-bond donors (Lipinski definition) is 2. The number of aliphatic hydroxyl groups is 2. The van der Waals surface area contributed by atoms with Gasteiger partial charge < -0.3 is 19.5 Å². The van der Waals surface area contributed by atoms with E-state index in [0.29, 0.717) is 24.2 Å². The normalized spacial score (nSPS) is 26.2. The van der Waals surface area contributed by atoms with Gasteiger partial charge in [0.15, 0.2) is 0 Å². The lowest BCUT2D eigenvalue weighted by Gasteiger charge is -2.24. The molecule has 2 aromatic heterocycles. The Kier molecular flexibility index (Phi) is 5.03. The van der Waals surface area contributed by atoms with E-state index in [4.69, 9.17) is 4.74 Å². The third-order valence-corrected chi connectivity index (χ3v) is 7.02. The van der Waals surface area contributed by atoms with Gasteiger partial charge in [0.1, 0.15) is 41.9 Å². The van der Waals surface area contributed by atoms with E-state index in [1.54, 1.807) is 6.07 Å². The molecule has 0 bridgehead atoms. The molecule has 2 N–H and O–H groups in total. The summed E-state index contributed by atoms with van der Waals surface area (Å²) in [4.78, 5) is 8.63. The third-order valence-electron chi connectivity index (χ3n) is 6.42. The van der Waals surface area contributed by atoms with E-state index < -0.39 is 24.4 Å². The quantitative estimate of drug-likeness (QED) is 0.604. The zero-order valence-electron chi connectivity index (χ0n) is 16.6. The largest absolute Gasteiger partial charge is 0.487 e. The van der Waals surface area contributed by atoms with Crippen LogP contribution in [0.1, 0.15) is 42.1 Å². The van der Waals surface area contributed by atoms with Gasteiger partial charge in [0.05, 0.1) is 17.1 Å². The Morgan fingerprint density at radius 1 is 1.13 bits per heavy atom. The molecule has 3 aromatic rings. The van der Waals surface area contributed by atoms with Gasteiger partial charge in [0, 0.05) is 22.7 Å². The van der Waals surface area contributed by atoms with Crippen molar-refractivity contribution < 1.29 is 19.3 Å². The molecule has 0 aliphatic heterocycles. The molecule has 158 valence electrons. The van der Waals surface area contributed by atoms with Crippen LogP contribution < -0.4 is 4.74 Å². The van der Waals surface area contributed by atoms with Gasteiger partial charge >= 0.3 is 0 Å². The Morgan fingerprint density at radius 2 is 1.90 bits per heavy atom. The van der Waals surface area contributed by atoms with E-state index in [1.165, 1.54) is 12.4 Å². The van der Waals surface area contributed by atoms with Crippen LogP contribution in [0, 0.1) is 12.7 Å². The maximum Gasteiger partial charge on any atom is 0.145 e. The van der Waals surface area contributed by atoms with E-state index in [0.717, 1.165) is 45.9 Å². The van der Waals surface area contributed by atoms with Crippen molar-refractivity contribution in [1.29, 1.82) is 0 Å². The summed E-state index contributed by atoms with van der Waals surface area (Å²) >= 11 is 3.56. The van der Waals surface area contributed by atoms with Gasteiger partial charge in [-0.15, -0.1) is 0 Å². The van der Waals surface area contributed by atoms with E-state index in [1.807, 2.05) is 17.7 Å². The molecule has 0 saturated heterocycles. The van der Waals surface area contributed by atoms with Crippen molar-refractivity contribution in [3.63, 3.8) is 0 Å². The first-order valence-electron chi connectivity index (χ1n) is 10.3. The molecular weight excluding hydrogens is 453 g/mol. The predicted octanol–water partition coefficient (Wildman–Crippen LogP) is 3.63. The van der Waals surface area contributed by atoms with E-state index in [9.17, 15) is 14.6 Å². The van der Waals surface area contributed by atoms with Gasteiger partial charge in [-0.05, 0) is 66.2 Å². The number of halogens is 2. The van der Waals surface area contributed by atoms with Crippen molar-refractivity contribution in [3.05, 3.63) is 51.8 Å². The molecule has 8 heteroatoms. The Bertz CT molecular complexity index is 1120. The molecule has 0 amide bonds. The van der Waals surface area contributed by atoms with Crippen LogP contribution in [0.2, 0.25) is 0 Å². The van der Waals surface area contributed by atoms with Crippen LogP contribution in [0.5, 0.6) is 5.75 Å². The van der Waals surface area contributed by atoms with Gasteiger partial charge in [0.25, 0.3) is 0 Å². The summed E-state index contributed by atoms with van der Waals surface area (Å²) in [5, 5.41) is 22.4. The molecular formula is C22H23BrFN3O3. The van der Waals surface area contributed by atoms with Crippen LogP contribution in [0.3, 0.4) is 0 Å². The minimum Gasteiger partial charge on any atom is -0.487 e. The van der Waals surface area contributed by atoms with E-state index >= 15 is 0 Å². The number of hydrogen-bond acceptors (Lipinski definition) is 5. The van der Waals surface area contributed by atoms with Gasteiger partial charge in [-0.1, -0.05) is 0 Å². The maximum atomic E-state index is 14.2. The molecule has 1 aromatic carbocycles. The van der Waals surface area contributed by atoms with Crippen LogP contribution in [0.25, 0.3) is 11.0 Å². The first-order chi connectivity index (χ1) is 14.5. The van der Waals surface area contributed by atoms with Crippen LogP contribution >= 0.6 is 15.9 Å². The molecule has 4 atom stereocenters. The van der Waals surface area contributed by atoms with Crippen molar-refractivity contribution >= 4 is 27.0 Å². The van der Waals surface area contributed by atoms with E-state index in [-0.39, 0.29) is 5.82 Å². The number of nitrogens with zero attached hydrogens (tertiary/aromatic N) is 3. The third kappa shape index (κ3) is 3.13. The lowest BCUT2D eigenvalue weighted by Crippen LogP contribution is -2.34. The number of benzene rings is 1. The highest BCUT2D eigenvalue weighted by Gasteiger charge is 2.45. The average molecular weight is 476 g/mol. The molecule has 1 fully saturated rings. The highest BCUT2D eigenvalue weighted by Crippen LogP contribution is 2.40. The fourth-order valence-corrected chi connectivity index (χ4v) is 5.55. The Hall–Kier alpha value is -2.03. The lowest BCUT2D eigenvalue weighted by atomic mass is 9.90. The standard InChI is InChI=1S/C22H23BrFN3O3/c1-11-19-14(23)9-27(22(19)26-10-25-11)16-8-18(21(29)20(16)28)30-17-7-6-15(24)12-4-2-3-5-13(12)17/h6-7,9-10,16,18,20-21,28-29H,2-5,8H2,1H3/t16?,18?,20-,21+/m0/s1. The molecule has 6 nitrogen and oxygen atoms in total. The molecule has 2 aliphatic carbocycles. The molecule has 30 heavy (non-hydrogen) atoms. The van der Waals surface area contributed by atoms with Gasteiger partial charge in [-0.3, -0.25) is 0 Å². The SMILES string of the molecule is Cc1ncnc2c1c(Br)cn2C1CC(Oc2ccc(F)c3c2CCCC3)[C@@H](O)[C@H]1O. The smallest absolute Gasteiger partial charge is 0.145 e. The monoisotopic (exact) mass is 475 g/mol. The summed E-state index contributed by atoms with van der Waals surface area (Å²) in [6.07, 6.45) is 4.55. The molecule has 2 heterocycles. The zero-order valence-corrected chi connectivity index (χ0v) is 18.1. The number of fused-ring (bicyclic) bond motifs is 2. The predicted molar refractivity (Wildman–Crippen MR) is 113 cm³/mol. The summed E-state index contributed by atoms with van der Waals surface area (Å²) in [6.45, 7) is 1.91. The fourth-order valence-electron chi connectivity index (χ4n) is 4.86. The van der Waals surface area contributed by atoms with Crippen LogP contribution in [-0.2, 0) is 12.8 Å². The minimum absolute atomic E-state index is 0.194. The van der Waals surface area contributed by atoms with Gasteiger partial charge in [-0.2, -0.15) is 0 Å². The molecule has 5 rings (SSSR count). The van der Waals surface area contributed by atoms with Crippen molar-refractivity contribution in [1.82, 2.24) is 14.5 Å². The second-order valence-corrected chi connectivity index (χ2v) is 9.05. The van der Waals surface area contributed by atoms with Crippen LogP contribution in [0.15, 0.2) is 29.1 Å². The number of aromatic nitrogens is 3. The van der Waals surface area contributed by atoms with Gasteiger partial charge in [0.2, 0.25) is 0 Å². The molecule has 0 spiro atoms. The number of ether oxygens (including phenoxy) is 1. The summed E-state index contributed by atoms with van der Waals surface area (Å²) in [6, 6.07) is 2.68. The molecule has 0 radical (unpaired) electrons. The maximum absolute atomic E-state index is 14.2. The number of aliphatic hydroxyl groups excluding tert-OH is 2. The number of rotatable bonds is 3. The Balaban J connectivity index is 1.46. The number of aryl methyl sites for hydroxylation is 1. The minimum atomic E-state index is -1.06. The molecule has 2 aliphatic rings. The summed E-state index contributed by atoms with van der Waals surface area (Å²) in [7, 11) is 0. The Morgan fingerprint density at radius 3 is 2.70 bits per heavy atom. The Labute approximate surface area is 181 Å². The first-order valence-corrected chi connectivity index (χ1v) is 11.1. The van der Waals surface area contributed by atoms with Crippen molar-refractivity contribution in [2.75, 3.05) is 0 Å². The molecule has 1 saturated carbocycles. The van der Waals surface area contributed by atoms with E-state index in [2.05, 4.69) is 25.9 Å². The van der Waals surface area contributed by atoms with Crippen LogP contribution in [-0.4, -0.2) is 43.1 Å². The average Bonchev–Trinajstić information content (AvgIpc) is 3.22. The van der Waals surface area contributed by atoms with Crippen molar-refractivity contribution in [2.45, 2.75) is 63.4 Å². The summed E-state index contributed by atoms with van der Waals surface area (Å²) in [5.74, 6) is 0.417. The fraction of sp³-hybridized carbons (Fsp3) is 0.455. The summed E-state index contributed by atoms with van der Waals surface area (Å²) < 4.78 is 23.1. The molecule has 2 unspecified atom stereocenters. The second-order valence-electron chi connectivity index (χ2n) is 8.19. The summed E-state index contributed by atoms with van der Waals surface area (Å²) in [5.41, 5.74) is 3.15. The second kappa shape index (κ2) is 7.59. The first kappa shape index (κ1) is 19.9. The highest BCUT2D eigenvalue weighted by atomic mass is 79.9. The van der Waals surface area contributed by atoms with Crippen LogP contribution in [0.4, 0.5) is 4.39 Å². The lowest BCUT2D eigenvalue weighted by molar-refractivity contribution is -0.0166. The van der Waals surface area contributed by atoms with Gasteiger partial charge in [-0.25, -0.2) is 14.4 Å². The highest BCUT2D eigenvalue weighted by molar-refractivity contribution is 9.10.